The highest BCUT2D eigenvalue weighted by atomic mass is 32.2. The van der Waals surface area contributed by atoms with Gasteiger partial charge in [0.05, 0.1) is 5.60 Å². The van der Waals surface area contributed by atoms with Crippen LogP contribution in [0.1, 0.15) is 46.5 Å². The van der Waals surface area contributed by atoms with Crippen molar-refractivity contribution in [2.24, 2.45) is 0 Å². The Labute approximate surface area is 98.2 Å². The first-order valence-corrected chi connectivity index (χ1v) is 7.28. The third-order valence-corrected chi connectivity index (χ3v) is 4.90. The number of nitrogens with one attached hydrogen (secondary N) is 1. The van der Waals surface area contributed by atoms with Crippen LogP contribution in [0.5, 0.6) is 0 Å². The van der Waals surface area contributed by atoms with Crippen molar-refractivity contribution in [2.45, 2.75) is 63.3 Å². The van der Waals surface area contributed by atoms with E-state index in [0.717, 1.165) is 31.6 Å². The van der Waals surface area contributed by atoms with Gasteiger partial charge in [-0.3, -0.25) is 0 Å². The van der Waals surface area contributed by atoms with Crippen molar-refractivity contribution in [1.82, 2.24) is 5.32 Å². The molecule has 0 heterocycles. The van der Waals surface area contributed by atoms with Crippen LogP contribution in [0.15, 0.2) is 0 Å². The normalized spacial score (nSPS) is 30.6. The van der Waals surface area contributed by atoms with E-state index in [0.29, 0.717) is 11.3 Å². The van der Waals surface area contributed by atoms with E-state index in [1.165, 1.54) is 6.42 Å². The highest BCUT2D eigenvalue weighted by Gasteiger charge is 2.44. The van der Waals surface area contributed by atoms with Crippen LogP contribution >= 0.6 is 11.8 Å². The van der Waals surface area contributed by atoms with E-state index in [-0.39, 0.29) is 0 Å². The number of hydrogen-bond donors (Lipinski definition) is 2. The van der Waals surface area contributed by atoms with E-state index in [2.05, 4.69) is 26.1 Å². The zero-order valence-corrected chi connectivity index (χ0v) is 11.1. The summed E-state index contributed by atoms with van der Waals surface area (Å²) in [5.74, 6) is 1.11. The lowest BCUT2D eigenvalue weighted by Gasteiger charge is -2.45. The van der Waals surface area contributed by atoms with Gasteiger partial charge in [-0.1, -0.05) is 20.8 Å². The van der Waals surface area contributed by atoms with E-state index < -0.39 is 5.60 Å². The van der Waals surface area contributed by atoms with E-state index in [4.69, 9.17) is 0 Å². The Kier molecular flexibility index (Phi) is 5.44. The molecule has 1 rings (SSSR count). The summed E-state index contributed by atoms with van der Waals surface area (Å²) in [4.78, 5) is 0. The minimum absolute atomic E-state index is 0.427. The van der Waals surface area contributed by atoms with Crippen LogP contribution in [0.3, 0.4) is 0 Å². The highest BCUT2D eigenvalue weighted by molar-refractivity contribution is 8.00. The van der Waals surface area contributed by atoms with Crippen LogP contribution in [0.2, 0.25) is 0 Å². The Morgan fingerprint density at radius 2 is 2.07 bits per heavy atom. The van der Waals surface area contributed by atoms with Gasteiger partial charge in [0.2, 0.25) is 0 Å². The Morgan fingerprint density at radius 3 is 2.47 bits per heavy atom. The molecule has 1 aliphatic rings. The molecule has 0 aliphatic heterocycles. The molecule has 0 radical (unpaired) electrons. The molecular weight excluding hydrogens is 206 g/mol. The fourth-order valence-electron chi connectivity index (χ4n) is 2.14. The Hall–Kier alpha value is 0.270. The molecule has 0 bridgehead atoms. The van der Waals surface area contributed by atoms with Gasteiger partial charge in [0.1, 0.15) is 0 Å². The van der Waals surface area contributed by atoms with Crippen LogP contribution in [0.25, 0.3) is 0 Å². The first kappa shape index (κ1) is 13.3. The second-order valence-electron chi connectivity index (χ2n) is 4.48. The molecule has 0 saturated heterocycles. The highest BCUT2D eigenvalue weighted by Crippen LogP contribution is 2.40. The molecule has 0 spiro atoms. The van der Waals surface area contributed by atoms with Crippen LogP contribution in [0.4, 0.5) is 0 Å². The molecule has 15 heavy (non-hydrogen) atoms. The average Bonchev–Trinajstić information content (AvgIpc) is 2.25. The van der Waals surface area contributed by atoms with Gasteiger partial charge in [0.15, 0.2) is 0 Å². The minimum atomic E-state index is -0.427. The first-order valence-electron chi connectivity index (χ1n) is 6.23. The summed E-state index contributed by atoms with van der Waals surface area (Å²) in [6.07, 6.45) is 4.45. The monoisotopic (exact) mass is 231 g/mol. The van der Waals surface area contributed by atoms with Crippen LogP contribution in [0, 0.1) is 0 Å². The SMILES string of the molecule is CCSC1CCC1(O)CNC(CC)CC. The summed E-state index contributed by atoms with van der Waals surface area (Å²) in [5, 5.41) is 14.3. The average molecular weight is 231 g/mol. The molecule has 1 fully saturated rings. The Morgan fingerprint density at radius 1 is 1.40 bits per heavy atom. The van der Waals surface area contributed by atoms with Crippen molar-refractivity contribution in [2.75, 3.05) is 12.3 Å². The summed E-state index contributed by atoms with van der Waals surface area (Å²) < 4.78 is 0. The second-order valence-corrected chi connectivity index (χ2v) is 5.96. The van der Waals surface area contributed by atoms with Gasteiger partial charge in [-0.25, -0.2) is 0 Å². The third-order valence-electron chi connectivity index (χ3n) is 3.49. The number of rotatable bonds is 7. The molecule has 1 aliphatic carbocycles. The lowest BCUT2D eigenvalue weighted by molar-refractivity contribution is -0.0254. The molecule has 0 amide bonds. The second kappa shape index (κ2) is 6.12. The van der Waals surface area contributed by atoms with Gasteiger partial charge in [-0.15, -0.1) is 0 Å². The number of hydrogen-bond acceptors (Lipinski definition) is 3. The molecule has 0 aromatic heterocycles. The van der Waals surface area contributed by atoms with Crippen molar-refractivity contribution in [3.63, 3.8) is 0 Å². The fraction of sp³-hybridized carbons (Fsp3) is 1.00. The maximum Gasteiger partial charge on any atom is 0.0889 e. The van der Waals surface area contributed by atoms with Gasteiger partial charge in [0.25, 0.3) is 0 Å². The molecule has 3 heteroatoms. The summed E-state index contributed by atoms with van der Waals surface area (Å²) in [6, 6.07) is 0.571. The summed E-state index contributed by atoms with van der Waals surface area (Å²) in [5.41, 5.74) is -0.427. The summed E-state index contributed by atoms with van der Waals surface area (Å²) in [7, 11) is 0. The van der Waals surface area contributed by atoms with Gasteiger partial charge < -0.3 is 10.4 Å². The van der Waals surface area contributed by atoms with E-state index in [1.807, 2.05) is 11.8 Å². The lowest BCUT2D eigenvalue weighted by atomic mass is 9.79. The zero-order valence-electron chi connectivity index (χ0n) is 10.3. The smallest absolute Gasteiger partial charge is 0.0889 e. The third kappa shape index (κ3) is 3.36. The zero-order chi connectivity index (χ0) is 11.3. The van der Waals surface area contributed by atoms with Crippen molar-refractivity contribution in [1.29, 1.82) is 0 Å². The molecule has 90 valence electrons. The molecule has 2 nitrogen and oxygen atoms in total. The largest absolute Gasteiger partial charge is 0.387 e. The molecule has 2 N–H and O–H groups in total. The lowest BCUT2D eigenvalue weighted by Crippen LogP contribution is -2.57. The predicted octanol–water partition coefficient (Wildman–Crippen LogP) is 2.41. The summed E-state index contributed by atoms with van der Waals surface area (Å²) in [6.45, 7) is 7.34. The van der Waals surface area contributed by atoms with Gasteiger partial charge in [-0.05, 0) is 31.4 Å². The molecular formula is C12H25NOS. The quantitative estimate of drug-likeness (QED) is 0.706. The minimum Gasteiger partial charge on any atom is -0.387 e. The first-order chi connectivity index (χ1) is 7.16. The van der Waals surface area contributed by atoms with Crippen molar-refractivity contribution in [3.8, 4) is 0 Å². The van der Waals surface area contributed by atoms with E-state index >= 15 is 0 Å². The number of aliphatic hydroxyl groups is 1. The van der Waals surface area contributed by atoms with E-state index in [9.17, 15) is 5.11 Å². The fourth-order valence-corrected chi connectivity index (χ4v) is 3.33. The maximum atomic E-state index is 10.4. The molecule has 0 aromatic rings. The van der Waals surface area contributed by atoms with Gasteiger partial charge in [-0.2, -0.15) is 11.8 Å². The Bertz CT molecular complexity index is 184. The van der Waals surface area contributed by atoms with Crippen molar-refractivity contribution >= 4 is 11.8 Å². The van der Waals surface area contributed by atoms with Crippen molar-refractivity contribution < 1.29 is 5.11 Å². The number of thioether (sulfide) groups is 1. The Balaban J connectivity index is 2.30. The standard InChI is InChI=1S/C12H25NOS/c1-4-10(5-2)13-9-12(14)8-7-11(12)15-6-3/h10-11,13-14H,4-9H2,1-3H3. The molecule has 1 saturated carbocycles. The maximum absolute atomic E-state index is 10.4. The van der Waals surface area contributed by atoms with Crippen LogP contribution < -0.4 is 5.32 Å². The van der Waals surface area contributed by atoms with Crippen molar-refractivity contribution in [3.05, 3.63) is 0 Å². The van der Waals surface area contributed by atoms with E-state index in [1.54, 1.807) is 0 Å². The van der Waals surface area contributed by atoms with Gasteiger partial charge >= 0.3 is 0 Å². The molecule has 0 aromatic carbocycles. The molecule has 2 unspecified atom stereocenters. The predicted molar refractivity (Wildman–Crippen MR) is 68.5 cm³/mol. The van der Waals surface area contributed by atoms with Crippen LogP contribution in [-0.2, 0) is 0 Å². The summed E-state index contributed by atoms with van der Waals surface area (Å²) >= 11 is 1.90. The topological polar surface area (TPSA) is 32.3 Å². The van der Waals surface area contributed by atoms with Gasteiger partial charge in [0, 0.05) is 17.8 Å². The van der Waals surface area contributed by atoms with Crippen LogP contribution in [-0.4, -0.2) is 34.3 Å². The molecule has 2 atom stereocenters.